The van der Waals surface area contributed by atoms with E-state index in [0.29, 0.717) is 11.8 Å². The van der Waals surface area contributed by atoms with Gasteiger partial charge in [0, 0.05) is 16.8 Å². The van der Waals surface area contributed by atoms with E-state index in [-0.39, 0.29) is 30.3 Å². The minimum Gasteiger partial charge on any atom is -0.467 e. The van der Waals surface area contributed by atoms with Gasteiger partial charge in [-0.25, -0.2) is 4.79 Å². The first-order valence-corrected chi connectivity index (χ1v) is 9.15. The number of hydrogen-bond acceptors (Lipinski definition) is 5. The summed E-state index contributed by atoms with van der Waals surface area (Å²) in [6, 6.07) is 3.24. The molecule has 2 saturated carbocycles. The van der Waals surface area contributed by atoms with Crippen LogP contribution in [0.4, 0.5) is 0 Å². The lowest BCUT2D eigenvalue weighted by molar-refractivity contribution is -0.146. The molecular weight excluding hydrogens is 348 g/mol. The lowest BCUT2D eigenvalue weighted by Crippen LogP contribution is -2.49. The molecule has 2 bridgehead atoms. The van der Waals surface area contributed by atoms with Gasteiger partial charge < -0.3 is 15.8 Å². The van der Waals surface area contributed by atoms with Crippen molar-refractivity contribution in [3.63, 3.8) is 0 Å². The Hall–Kier alpha value is -1.11. The van der Waals surface area contributed by atoms with E-state index < -0.39 is 12.0 Å². The number of hydrogen-bond donors (Lipinski definition) is 2. The van der Waals surface area contributed by atoms with Crippen molar-refractivity contribution in [2.45, 2.75) is 44.2 Å². The Balaban J connectivity index is 0.00000208. The Morgan fingerprint density at radius 2 is 2.00 bits per heavy atom. The van der Waals surface area contributed by atoms with Crippen molar-refractivity contribution in [3.8, 4) is 0 Å². The lowest BCUT2D eigenvalue weighted by atomic mass is 9.65. The van der Waals surface area contributed by atoms with E-state index >= 15 is 0 Å². The van der Waals surface area contributed by atoms with Gasteiger partial charge in [0.05, 0.1) is 7.11 Å². The van der Waals surface area contributed by atoms with Crippen LogP contribution in [0.2, 0.25) is 0 Å². The third kappa shape index (κ3) is 3.92. The topological polar surface area (TPSA) is 81.4 Å². The predicted octanol–water partition coefficient (Wildman–Crippen LogP) is 2.65. The Morgan fingerprint density at radius 3 is 2.54 bits per heavy atom. The van der Waals surface area contributed by atoms with Gasteiger partial charge in [0.2, 0.25) is 5.91 Å². The van der Waals surface area contributed by atoms with Crippen molar-refractivity contribution in [2.24, 2.45) is 23.5 Å². The number of ether oxygens (including phenoxy) is 1. The van der Waals surface area contributed by atoms with Gasteiger partial charge in [-0.1, -0.05) is 12.5 Å². The number of nitrogens with two attached hydrogens (primary N) is 1. The van der Waals surface area contributed by atoms with Gasteiger partial charge in [0.1, 0.15) is 0 Å². The zero-order chi connectivity index (χ0) is 16.4. The molecule has 1 aromatic rings. The standard InChI is InChI=1S/C17H24N2O3S.ClH/c1-22-17(21)15(13-6-3-7-23-13)19-16(20)12-8-10-4-2-5-11(9-12)14(10)18;/h3,6-7,10-12,14-15H,2,4-5,8-9,18H2,1H3,(H,19,20);1H. The summed E-state index contributed by atoms with van der Waals surface area (Å²) >= 11 is 1.44. The van der Waals surface area contributed by atoms with E-state index in [9.17, 15) is 9.59 Å². The summed E-state index contributed by atoms with van der Waals surface area (Å²) in [5, 5.41) is 4.79. The number of methoxy groups -OCH3 is 1. The molecule has 0 aliphatic heterocycles. The van der Waals surface area contributed by atoms with Crippen molar-refractivity contribution in [2.75, 3.05) is 7.11 Å². The number of carbonyl (C=O) groups is 2. The molecule has 2 aliphatic carbocycles. The zero-order valence-corrected chi connectivity index (χ0v) is 15.4. The number of amides is 1. The average Bonchev–Trinajstić information content (AvgIpc) is 3.05. The largest absolute Gasteiger partial charge is 0.467 e. The van der Waals surface area contributed by atoms with Gasteiger partial charge >= 0.3 is 5.97 Å². The molecule has 1 heterocycles. The SMILES string of the molecule is COC(=O)C(NC(=O)C1CC2CCCC(C1)C2N)c1cccs1.Cl. The van der Waals surface area contributed by atoms with Crippen LogP contribution in [-0.2, 0) is 14.3 Å². The summed E-state index contributed by atoms with van der Waals surface area (Å²) in [4.78, 5) is 25.5. The normalized spacial score (nSPS) is 29.9. The highest BCUT2D eigenvalue weighted by Gasteiger charge is 2.41. The number of esters is 1. The Labute approximate surface area is 152 Å². The van der Waals surface area contributed by atoms with Gasteiger partial charge in [-0.3, -0.25) is 4.79 Å². The van der Waals surface area contributed by atoms with E-state index in [4.69, 9.17) is 10.5 Å². The van der Waals surface area contributed by atoms with E-state index in [1.807, 2.05) is 17.5 Å². The van der Waals surface area contributed by atoms with Crippen molar-refractivity contribution < 1.29 is 14.3 Å². The quantitative estimate of drug-likeness (QED) is 0.796. The monoisotopic (exact) mass is 372 g/mol. The van der Waals surface area contributed by atoms with Crippen molar-refractivity contribution in [1.82, 2.24) is 5.32 Å². The average molecular weight is 373 g/mol. The second-order valence-corrected chi connectivity index (χ2v) is 7.66. The van der Waals surface area contributed by atoms with Crippen LogP contribution in [0.5, 0.6) is 0 Å². The summed E-state index contributed by atoms with van der Waals surface area (Å²) in [5.41, 5.74) is 6.29. The highest BCUT2D eigenvalue weighted by Crippen LogP contribution is 2.42. The molecular formula is C17H25ClN2O3S. The molecule has 0 spiro atoms. The van der Waals surface area contributed by atoms with Gasteiger partial charge in [-0.15, -0.1) is 23.7 Å². The maximum atomic E-state index is 12.7. The summed E-state index contributed by atoms with van der Waals surface area (Å²) in [5.74, 6) is 0.372. The zero-order valence-electron chi connectivity index (χ0n) is 13.8. The van der Waals surface area contributed by atoms with Crippen molar-refractivity contribution >= 4 is 35.6 Å². The fraction of sp³-hybridized carbons (Fsp3) is 0.647. The van der Waals surface area contributed by atoms with Crippen LogP contribution in [0, 0.1) is 17.8 Å². The van der Waals surface area contributed by atoms with E-state index in [2.05, 4.69) is 5.32 Å². The predicted molar refractivity (Wildman–Crippen MR) is 96.0 cm³/mol. The molecule has 3 unspecified atom stereocenters. The van der Waals surface area contributed by atoms with Crippen LogP contribution in [-0.4, -0.2) is 25.0 Å². The van der Waals surface area contributed by atoms with Crippen LogP contribution in [0.25, 0.3) is 0 Å². The molecule has 1 amide bonds. The Bertz CT molecular complexity index is 552. The molecule has 0 saturated heterocycles. The number of nitrogens with one attached hydrogen (secondary N) is 1. The van der Waals surface area contributed by atoms with E-state index in [0.717, 1.165) is 30.6 Å². The first-order valence-electron chi connectivity index (χ1n) is 8.27. The molecule has 3 atom stereocenters. The first kappa shape index (κ1) is 19.2. The molecule has 7 heteroatoms. The van der Waals surface area contributed by atoms with Crippen LogP contribution in [0.1, 0.15) is 43.0 Å². The first-order chi connectivity index (χ1) is 11.1. The molecule has 2 fully saturated rings. The van der Waals surface area contributed by atoms with Crippen LogP contribution >= 0.6 is 23.7 Å². The summed E-state index contributed by atoms with van der Waals surface area (Å²) in [7, 11) is 1.35. The summed E-state index contributed by atoms with van der Waals surface area (Å²) in [6.07, 6.45) is 5.13. The number of rotatable bonds is 4. The lowest BCUT2D eigenvalue weighted by Gasteiger charge is -2.43. The number of halogens is 1. The number of thiophene rings is 1. The Kier molecular flexibility index (Phi) is 6.66. The van der Waals surface area contributed by atoms with Gasteiger partial charge in [0.25, 0.3) is 0 Å². The summed E-state index contributed by atoms with van der Waals surface area (Å²) < 4.78 is 4.85. The van der Waals surface area contributed by atoms with Gasteiger partial charge in [-0.05, 0) is 49.0 Å². The maximum Gasteiger partial charge on any atom is 0.333 e. The summed E-state index contributed by atoms with van der Waals surface area (Å²) in [6.45, 7) is 0. The second-order valence-electron chi connectivity index (χ2n) is 6.68. The van der Waals surface area contributed by atoms with Crippen LogP contribution in [0.3, 0.4) is 0 Å². The molecule has 3 rings (SSSR count). The van der Waals surface area contributed by atoms with Crippen molar-refractivity contribution in [3.05, 3.63) is 22.4 Å². The number of fused-ring (bicyclic) bond motifs is 2. The molecule has 134 valence electrons. The third-order valence-electron chi connectivity index (χ3n) is 5.34. The molecule has 5 nitrogen and oxygen atoms in total. The van der Waals surface area contributed by atoms with Gasteiger partial charge in [-0.2, -0.15) is 0 Å². The highest BCUT2D eigenvalue weighted by molar-refractivity contribution is 7.10. The molecule has 1 aromatic heterocycles. The Morgan fingerprint density at radius 1 is 1.33 bits per heavy atom. The maximum absolute atomic E-state index is 12.7. The smallest absolute Gasteiger partial charge is 0.333 e. The highest BCUT2D eigenvalue weighted by atomic mass is 35.5. The fourth-order valence-corrected chi connectivity index (χ4v) is 4.85. The third-order valence-corrected chi connectivity index (χ3v) is 6.27. The number of carbonyl (C=O) groups excluding carboxylic acids is 2. The second kappa shape index (κ2) is 8.32. The van der Waals surface area contributed by atoms with E-state index in [1.54, 1.807) is 0 Å². The fourth-order valence-electron chi connectivity index (χ4n) is 4.08. The van der Waals surface area contributed by atoms with Crippen LogP contribution in [0.15, 0.2) is 17.5 Å². The minimum absolute atomic E-state index is 0. The van der Waals surface area contributed by atoms with Crippen molar-refractivity contribution in [1.29, 1.82) is 0 Å². The minimum atomic E-state index is -0.706. The van der Waals surface area contributed by atoms with Gasteiger partial charge in [0.15, 0.2) is 6.04 Å². The molecule has 0 radical (unpaired) electrons. The molecule has 3 N–H and O–H groups in total. The van der Waals surface area contributed by atoms with Crippen LogP contribution < -0.4 is 11.1 Å². The van der Waals surface area contributed by atoms with E-state index in [1.165, 1.54) is 24.9 Å². The molecule has 2 aliphatic rings. The molecule has 24 heavy (non-hydrogen) atoms. The molecule has 0 aromatic carbocycles.